The zero-order chi connectivity index (χ0) is 12.3. The van der Waals surface area contributed by atoms with Crippen molar-refractivity contribution >= 4 is 12.4 Å². The summed E-state index contributed by atoms with van der Waals surface area (Å²) in [6.45, 7) is 8.50. The summed E-state index contributed by atoms with van der Waals surface area (Å²) in [5, 5.41) is 0. The number of ether oxygens (including phenoxy) is 1. The third-order valence-electron chi connectivity index (χ3n) is 3.33. The van der Waals surface area contributed by atoms with Crippen molar-refractivity contribution in [3.63, 3.8) is 0 Å². The molecule has 0 aliphatic carbocycles. The molecule has 98 valence electrons. The molecule has 17 heavy (non-hydrogen) atoms. The van der Waals surface area contributed by atoms with Crippen molar-refractivity contribution in [2.75, 3.05) is 7.11 Å². The van der Waals surface area contributed by atoms with Gasteiger partial charge in [-0.1, -0.05) is 32.4 Å². The van der Waals surface area contributed by atoms with Crippen LogP contribution < -0.4 is 10.5 Å². The zero-order valence-corrected chi connectivity index (χ0v) is 12.2. The van der Waals surface area contributed by atoms with E-state index >= 15 is 0 Å². The molecule has 0 amide bonds. The van der Waals surface area contributed by atoms with Crippen LogP contribution in [0.3, 0.4) is 0 Å². The van der Waals surface area contributed by atoms with Crippen molar-refractivity contribution in [2.24, 2.45) is 11.7 Å². The molecule has 2 nitrogen and oxygen atoms in total. The number of rotatable bonds is 4. The smallest absolute Gasteiger partial charge is 0.124 e. The van der Waals surface area contributed by atoms with Crippen molar-refractivity contribution in [3.05, 3.63) is 28.8 Å². The van der Waals surface area contributed by atoms with Gasteiger partial charge in [0.2, 0.25) is 0 Å². The molecule has 1 unspecified atom stereocenters. The fraction of sp³-hybridized carbons (Fsp3) is 0.571. The van der Waals surface area contributed by atoms with E-state index in [4.69, 9.17) is 10.5 Å². The molecule has 1 aromatic carbocycles. The van der Waals surface area contributed by atoms with E-state index in [0.29, 0.717) is 5.92 Å². The molecular weight excluding hydrogens is 234 g/mol. The van der Waals surface area contributed by atoms with Gasteiger partial charge in [-0.3, -0.25) is 0 Å². The van der Waals surface area contributed by atoms with E-state index in [1.807, 2.05) is 0 Å². The summed E-state index contributed by atoms with van der Waals surface area (Å²) in [5.74, 6) is 1.48. The van der Waals surface area contributed by atoms with Crippen LogP contribution in [0, 0.1) is 19.8 Å². The first-order chi connectivity index (χ1) is 7.51. The Balaban J connectivity index is 0.00000256. The standard InChI is InChI=1S/C14H23NO.ClH/c1-6-9(2)13(15)12-7-10(3)14(16-5)11(4)8-12;/h7-9,13H,6,15H2,1-5H3;1H/t9?,13-;/m1./s1. The summed E-state index contributed by atoms with van der Waals surface area (Å²) in [7, 11) is 1.71. The molecule has 0 saturated carbocycles. The topological polar surface area (TPSA) is 35.2 Å². The Morgan fingerprint density at radius 3 is 2.06 bits per heavy atom. The van der Waals surface area contributed by atoms with Gasteiger partial charge < -0.3 is 10.5 Å². The Kier molecular flexibility index (Phi) is 6.58. The number of benzene rings is 1. The highest BCUT2D eigenvalue weighted by molar-refractivity contribution is 5.85. The van der Waals surface area contributed by atoms with Gasteiger partial charge >= 0.3 is 0 Å². The molecule has 0 fully saturated rings. The molecule has 0 aliphatic rings. The molecule has 0 radical (unpaired) electrons. The maximum absolute atomic E-state index is 6.24. The Labute approximate surface area is 111 Å². The van der Waals surface area contributed by atoms with Crippen molar-refractivity contribution in [3.8, 4) is 5.75 Å². The van der Waals surface area contributed by atoms with Gasteiger partial charge in [0.1, 0.15) is 5.75 Å². The van der Waals surface area contributed by atoms with Crippen LogP contribution in [-0.4, -0.2) is 7.11 Å². The molecular formula is C14H24ClNO. The number of hydrogen-bond acceptors (Lipinski definition) is 2. The Bertz CT molecular complexity index is 342. The lowest BCUT2D eigenvalue weighted by Gasteiger charge is -2.21. The van der Waals surface area contributed by atoms with Gasteiger partial charge in [-0.05, 0) is 36.5 Å². The normalized spacial score (nSPS) is 13.8. The quantitative estimate of drug-likeness (QED) is 0.891. The van der Waals surface area contributed by atoms with Crippen molar-refractivity contribution < 1.29 is 4.74 Å². The summed E-state index contributed by atoms with van der Waals surface area (Å²) in [4.78, 5) is 0. The minimum atomic E-state index is 0. The van der Waals surface area contributed by atoms with Crippen LogP contribution in [0.4, 0.5) is 0 Å². The van der Waals surface area contributed by atoms with Crippen LogP contribution in [0.25, 0.3) is 0 Å². The Hall–Kier alpha value is -0.730. The van der Waals surface area contributed by atoms with E-state index in [1.54, 1.807) is 7.11 Å². The van der Waals surface area contributed by atoms with E-state index in [-0.39, 0.29) is 18.4 Å². The third-order valence-corrected chi connectivity index (χ3v) is 3.33. The van der Waals surface area contributed by atoms with Crippen LogP contribution in [0.5, 0.6) is 5.75 Å². The minimum Gasteiger partial charge on any atom is -0.496 e. The van der Waals surface area contributed by atoms with E-state index in [0.717, 1.165) is 23.3 Å². The molecule has 2 N–H and O–H groups in total. The molecule has 2 atom stereocenters. The largest absolute Gasteiger partial charge is 0.496 e. The lowest BCUT2D eigenvalue weighted by atomic mass is 9.91. The van der Waals surface area contributed by atoms with E-state index < -0.39 is 0 Å². The second-order valence-electron chi connectivity index (χ2n) is 4.60. The molecule has 1 aromatic rings. The molecule has 0 heterocycles. The number of aryl methyl sites for hydroxylation is 2. The average Bonchev–Trinajstić information content (AvgIpc) is 2.26. The molecule has 0 spiro atoms. The highest BCUT2D eigenvalue weighted by atomic mass is 35.5. The van der Waals surface area contributed by atoms with E-state index in [2.05, 4.69) is 39.8 Å². The average molecular weight is 258 g/mol. The first-order valence-electron chi connectivity index (χ1n) is 5.92. The van der Waals surface area contributed by atoms with Gasteiger partial charge in [0.15, 0.2) is 0 Å². The number of nitrogens with two attached hydrogens (primary N) is 1. The van der Waals surface area contributed by atoms with Gasteiger partial charge in [-0.25, -0.2) is 0 Å². The Morgan fingerprint density at radius 2 is 1.71 bits per heavy atom. The third kappa shape index (κ3) is 3.62. The van der Waals surface area contributed by atoms with Crippen LogP contribution in [0.15, 0.2) is 12.1 Å². The van der Waals surface area contributed by atoms with Crippen molar-refractivity contribution in [1.29, 1.82) is 0 Å². The number of hydrogen-bond donors (Lipinski definition) is 1. The zero-order valence-electron chi connectivity index (χ0n) is 11.4. The van der Waals surface area contributed by atoms with Crippen LogP contribution >= 0.6 is 12.4 Å². The lowest BCUT2D eigenvalue weighted by Crippen LogP contribution is -2.18. The predicted molar refractivity (Wildman–Crippen MR) is 76.1 cm³/mol. The van der Waals surface area contributed by atoms with Gasteiger partial charge in [0.25, 0.3) is 0 Å². The first kappa shape index (κ1) is 16.3. The molecule has 0 saturated heterocycles. The molecule has 3 heteroatoms. The second-order valence-corrected chi connectivity index (χ2v) is 4.60. The van der Waals surface area contributed by atoms with E-state index in [9.17, 15) is 0 Å². The van der Waals surface area contributed by atoms with Crippen LogP contribution in [-0.2, 0) is 0 Å². The monoisotopic (exact) mass is 257 g/mol. The second kappa shape index (κ2) is 6.87. The van der Waals surface area contributed by atoms with Gasteiger partial charge in [-0.15, -0.1) is 12.4 Å². The number of halogens is 1. The highest BCUT2D eigenvalue weighted by Crippen LogP contribution is 2.29. The highest BCUT2D eigenvalue weighted by Gasteiger charge is 2.15. The van der Waals surface area contributed by atoms with Gasteiger partial charge in [0.05, 0.1) is 7.11 Å². The first-order valence-corrected chi connectivity index (χ1v) is 5.92. The molecule has 0 aromatic heterocycles. The minimum absolute atomic E-state index is 0. The van der Waals surface area contributed by atoms with Gasteiger partial charge in [-0.2, -0.15) is 0 Å². The van der Waals surface area contributed by atoms with E-state index in [1.165, 1.54) is 5.56 Å². The maximum atomic E-state index is 6.24. The van der Waals surface area contributed by atoms with Crippen molar-refractivity contribution in [2.45, 2.75) is 40.2 Å². The molecule has 1 rings (SSSR count). The molecule has 0 aliphatic heterocycles. The summed E-state index contributed by atoms with van der Waals surface area (Å²) < 4.78 is 5.36. The SMILES string of the molecule is CCC(C)[C@@H](N)c1cc(C)c(OC)c(C)c1.Cl. The van der Waals surface area contributed by atoms with Crippen LogP contribution in [0.1, 0.15) is 43.0 Å². The summed E-state index contributed by atoms with van der Waals surface area (Å²) in [5.41, 5.74) is 9.78. The number of methoxy groups -OCH3 is 1. The van der Waals surface area contributed by atoms with Gasteiger partial charge in [0, 0.05) is 6.04 Å². The van der Waals surface area contributed by atoms with Crippen LogP contribution in [0.2, 0.25) is 0 Å². The predicted octanol–water partition coefficient (Wildman–Crippen LogP) is 3.78. The maximum Gasteiger partial charge on any atom is 0.124 e. The van der Waals surface area contributed by atoms with Crippen molar-refractivity contribution in [1.82, 2.24) is 0 Å². The summed E-state index contributed by atoms with van der Waals surface area (Å²) >= 11 is 0. The summed E-state index contributed by atoms with van der Waals surface area (Å²) in [6.07, 6.45) is 1.10. The fourth-order valence-electron chi connectivity index (χ4n) is 2.08. The Morgan fingerprint density at radius 1 is 1.24 bits per heavy atom. The fourth-order valence-corrected chi connectivity index (χ4v) is 2.08. The molecule has 0 bridgehead atoms. The lowest BCUT2D eigenvalue weighted by molar-refractivity contribution is 0.407. The summed E-state index contributed by atoms with van der Waals surface area (Å²) in [6, 6.07) is 4.40.